The Kier molecular flexibility index (Phi) is 7.52. The van der Waals surface area contributed by atoms with Crippen molar-refractivity contribution in [3.8, 4) is 11.1 Å². The molecule has 1 N–H and O–H groups in total. The Morgan fingerprint density at radius 3 is 2.45 bits per heavy atom. The van der Waals surface area contributed by atoms with E-state index in [1.807, 2.05) is 6.92 Å². The van der Waals surface area contributed by atoms with Gasteiger partial charge >= 0.3 is 12.3 Å². The smallest absolute Gasteiger partial charge is 0.433 e. The molecule has 0 radical (unpaired) electrons. The average Bonchev–Trinajstić information content (AvgIpc) is 3.25. The number of nitrogens with zero attached hydrogens (tertiary/aromatic N) is 5. The Morgan fingerprint density at radius 2 is 1.82 bits per heavy atom. The normalized spacial score (nSPS) is 17.5. The number of amides is 1. The number of carbonyl (C=O) groups excluding carboxylic acids is 1. The van der Waals surface area contributed by atoms with Crippen LogP contribution in [0, 0.1) is 6.92 Å². The van der Waals surface area contributed by atoms with Gasteiger partial charge in [-0.2, -0.15) is 18.2 Å². The number of hydrogen-bond acceptors (Lipinski definition) is 7. The lowest BCUT2D eigenvalue weighted by molar-refractivity contribution is -0.141. The zero-order valence-electron chi connectivity index (χ0n) is 21.5. The predicted molar refractivity (Wildman–Crippen MR) is 134 cm³/mol. The van der Waals surface area contributed by atoms with E-state index in [4.69, 9.17) is 4.74 Å². The molecule has 1 saturated heterocycles. The molecule has 1 aliphatic rings. The molecule has 4 heterocycles. The molecule has 1 aliphatic heterocycles. The Bertz CT molecular complexity index is 1330. The number of cyclic esters (lactones) is 1. The van der Waals surface area contributed by atoms with Gasteiger partial charge in [-0.25, -0.2) is 19.2 Å². The van der Waals surface area contributed by atoms with Gasteiger partial charge in [-0.3, -0.25) is 9.88 Å². The molecular weight excluding hydrogens is 504 g/mol. The fourth-order valence-corrected chi connectivity index (χ4v) is 4.12. The Balaban J connectivity index is 1.58. The van der Waals surface area contributed by atoms with E-state index < -0.39 is 36.2 Å². The van der Waals surface area contributed by atoms with Crippen molar-refractivity contribution in [1.82, 2.24) is 19.9 Å². The summed E-state index contributed by atoms with van der Waals surface area (Å²) in [6, 6.07) is 4.77. The van der Waals surface area contributed by atoms with Crippen molar-refractivity contribution in [1.29, 1.82) is 0 Å². The number of hydrogen-bond donors (Lipinski definition) is 1. The van der Waals surface area contributed by atoms with Crippen LogP contribution in [0.4, 0.5) is 34.1 Å². The molecule has 0 saturated carbocycles. The lowest BCUT2D eigenvalue weighted by Gasteiger charge is -2.22. The summed E-state index contributed by atoms with van der Waals surface area (Å²) in [5.74, 6) is 0.203. The van der Waals surface area contributed by atoms with Crippen LogP contribution in [0.5, 0.6) is 0 Å². The van der Waals surface area contributed by atoms with Crippen LogP contribution < -0.4 is 10.2 Å². The maximum atomic E-state index is 14.0. The quantitative estimate of drug-likeness (QED) is 0.360. The molecule has 1 fully saturated rings. The predicted octanol–water partition coefficient (Wildman–Crippen LogP) is 6.24. The van der Waals surface area contributed by atoms with Crippen molar-refractivity contribution in [2.75, 3.05) is 16.8 Å². The summed E-state index contributed by atoms with van der Waals surface area (Å²) in [6.07, 6.45) is -3.59. The van der Waals surface area contributed by atoms with Crippen LogP contribution in [-0.2, 0) is 10.9 Å². The van der Waals surface area contributed by atoms with Gasteiger partial charge in [0.05, 0.1) is 11.7 Å². The molecule has 0 aliphatic carbocycles. The molecule has 0 aromatic carbocycles. The van der Waals surface area contributed by atoms with E-state index in [1.165, 1.54) is 25.4 Å². The summed E-state index contributed by atoms with van der Waals surface area (Å²) >= 11 is 0. The van der Waals surface area contributed by atoms with Crippen LogP contribution in [0.2, 0.25) is 0 Å². The molecule has 1 amide bonds. The van der Waals surface area contributed by atoms with Gasteiger partial charge in [0.15, 0.2) is 0 Å². The molecule has 3 aromatic heterocycles. The number of carbonyl (C=O) groups is 1. The van der Waals surface area contributed by atoms with E-state index in [1.54, 1.807) is 32.9 Å². The second-order valence-electron chi connectivity index (χ2n) is 9.54. The Morgan fingerprint density at radius 1 is 1.08 bits per heavy atom. The van der Waals surface area contributed by atoms with Crippen molar-refractivity contribution in [3.63, 3.8) is 0 Å². The van der Waals surface area contributed by atoms with Crippen molar-refractivity contribution in [2.45, 2.75) is 65.0 Å². The molecular formula is C26H28F4N6O2. The number of rotatable bonds is 7. The lowest BCUT2D eigenvalue weighted by Crippen LogP contribution is -2.39. The first kappa shape index (κ1) is 27.2. The second-order valence-corrected chi connectivity index (χ2v) is 9.54. The van der Waals surface area contributed by atoms with Gasteiger partial charge in [0.2, 0.25) is 5.95 Å². The minimum Gasteiger partial charge on any atom is -0.447 e. The van der Waals surface area contributed by atoms with Gasteiger partial charge in [0.25, 0.3) is 0 Å². The summed E-state index contributed by atoms with van der Waals surface area (Å²) in [6.45, 7) is 8.46. The number of nitrogens with one attached hydrogen (secondary N) is 1. The molecule has 3 atom stereocenters. The van der Waals surface area contributed by atoms with Gasteiger partial charge in [0.1, 0.15) is 30.3 Å². The van der Waals surface area contributed by atoms with Crippen molar-refractivity contribution < 1.29 is 27.1 Å². The molecule has 38 heavy (non-hydrogen) atoms. The third kappa shape index (κ3) is 5.68. The average molecular weight is 533 g/mol. The fraction of sp³-hybridized carbons (Fsp3) is 0.423. The van der Waals surface area contributed by atoms with E-state index in [0.29, 0.717) is 22.5 Å². The van der Waals surface area contributed by atoms with Crippen molar-refractivity contribution in [2.24, 2.45) is 0 Å². The highest BCUT2D eigenvalue weighted by Gasteiger charge is 2.39. The van der Waals surface area contributed by atoms with Gasteiger partial charge in [-0.05, 0) is 62.1 Å². The third-order valence-electron chi connectivity index (χ3n) is 6.28. The van der Waals surface area contributed by atoms with Gasteiger partial charge in [0, 0.05) is 23.7 Å². The largest absolute Gasteiger partial charge is 0.447 e. The number of ether oxygens (including phenoxy) is 1. The minimum atomic E-state index is -4.57. The fourth-order valence-electron chi connectivity index (χ4n) is 4.12. The standard InChI is InChI=1S/C26H28F4N6O2/c1-13(2)19-9-17(10-22(34-19)26(28,29)30)18-11-32-20(8-14(18)3)16(5)33-24-31-7-6-23(35-24)36-21(15(4)27)12-38-25(36)37/h6-11,13,15-16,21H,12H2,1-5H3,(H,31,33,35). The second kappa shape index (κ2) is 10.5. The topological polar surface area (TPSA) is 93.1 Å². The molecule has 3 aromatic rings. The summed E-state index contributed by atoms with van der Waals surface area (Å²) in [5, 5.41) is 3.10. The SMILES string of the molecule is Cc1cc(C(C)Nc2nccc(N3C(=O)OCC3C(C)F)n2)ncc1-c1cc(C(C)C)nc(C(F)(F)F)c1. The molecule has 8 nitrogen and oxygen atoms in total. The van der Waals surface area contributed by atoms with E-state index in [0.717, 1.165) is 16.5 Å². The molecule has 12 heteroatoms. The van der Waals surface area contributed by atoms with Crippen LogP contribution in [0.3, 0.4) is 0 Å². The molecule has 4 rings (SSSR count). The first-order valence-electron chi connectivity index (χ1n) is 12.1. The molecule has 202 valence electrons. The van der Waals surface area contributed by atoms with Crippen LogP contribution in [-0.4, -0.2) is 44.8 Å². The van der Waals surface area contributed by atoms with E-state index in [2.05, 4.69) is 25.3 Å². The number of pyridine rings is 2. The summed E-state index contributed by atoms with van der Waals surface area (Å²) in [7, 11) is 0. The maximum Gasteiger partial charge on any atom is 0.433 e. The zero-order valence-corrected chi connectivity index (χ0v) is 21.5. The van der Waals surface area contributed by atoms with Crippen molar-refractivity contribution >= 4 is 17.9 Å². The van der Waals surface area contributed by atoms with Crippen LogP contribution in [0.1, 0.15) is 62.3 Å². The van der Waals surface area contributed by atoms with Gasteiger partial charge < -0.3 is 10.1 Å². The zero-order chi connectivity index (χ0) is 27.8. The van der Waals surface area contributed by atoms with E-state index in [9.17, 15) is 22.4 Å². The van der Waals surface area contributed by atoms with E-state index >= 15 is 0 Å². The summed E-state index contributed by atoms with van der Waals surface area (Å²) in [4.78, 5) is 30.1. The molecule has 3 unspecified atom stereocenters. The van der Waals surface area contributed by atoms with Gasteiger partial charge in [-0.15, -0.1) is 0 Å². The van der Waals surface area contributed by atoms with Gasteiger partial charge in [-0.1, -0.05) is 13.8 Å². The number of anilines is 2. The summed E-state index contributed by atoms with van der Waals surface area (Å²) in [5.41, 5.74) is 1.68. The first-order valence-corrected chi connectivity index (χ1v) is 12.1. The first-order chi connectivity index (χ1) is 17.8. The van der Waals surface area contributed by atoms with E-state index in [-0.39, 0.29) is 24.3 Å². The minimum absolute atomic E-state index is 0.0736. The maximum absolute atomic E-state index is 14.0. The number of halogens is 4. The number of aryl methyl sites for hydroxylation is 1. The van der Waals surface area contributed by atoms with Crippen LogP contribution >= 0.6 is 0 Å². The summed E-state index contributed by atoms with van der Waals surface area (Å²) < 4.78 is 59.4. The highest BCUT2D eigenvalue weighted by atomic mass is 19.4. The molecule has 0 bridgehead atoms. The lowest BCUT2D eigenvalue weighted by atomic mass is 9.98. The van der Waals surface area contributed by atoms with Crippen LogP contribution in [0.25, 0.3) is 11.1 Å². The third-order valence-corrected chi connectivity index (χ3v) is 6.28. The Labute approximate surface area is 217 Å². The number of aromatic nitrogens is 4. The number of alkyl halides is 4. The highest BCUT2D eigenvalue weighted by molar-refractivity contribution is 5.89. The van der Waals surface area contributed by atoms with Crippen molar-refractivity contribution in [3.05, 3.63) is 59.3 Å². The highest BCUT2D eigenvalue weighted by Crippen LogP contribution is 2.34. The molecule has 0 spiro atoms. The Hall–Kier alpha value is -3.83. The van der Waals surface area contributed by atoms with Crippen LogP contribution in [0.15, 0.2) is 36.7 Å². The monoisotopic (exact) mass is 532 g/mol.